The lowest BCUT2D eigenvalue weighted by molar-refractivity contribution is -0.140. The van der Waals surface area contributed by atoms with Gasteiger partial charge in [-0.2, -0.15) is 0 Å². The Hall–Kier alpha value is -1.38. The van der Waals surface area contributed by atoms with Crippen molar-refractivity contribution in [1.29, 1.82) is 0 Å². The molecule has 1 fully saturated rings. The van der Waals surface area contributed by atoms with E-state index in [1.54, 1.807) is 24.3 Å². The van der Waals surface area contributed by atoms with Crippen LogP contribution >= 0.6 is 0 Å². The van der Waals surface area contributed by atoms with Gasteiger partial charge < -0.3 is 5.11 Å². The summed E-state index contributed by atoms with van der Waals surface area (Å²) < 4.78 is 13.8. The van der Waals surface area contributed by atoms with Gasteiger partial charge in [0, 0.05) is 0 Å². The zero-order valence-electron chi connectivity index (χ0n) is 9.46. The average molecular weight is 222 g/mol. The third kappa shape index (κ3) is 1.70. The van der Waals surface area contributed by atoms with Gasteiger partial charge in [0.2, 0.25) is 0 Å². The van der Waals surface area contributed by atoms with E-state index < -0.39 is 17.1 Å². The predicted molar refractivity (Wildman–Crippen MR) is 59.1 cm³/mol. The second-order valence-corrected chi connectivity index (χ2v) is 4.94. The summed E-state index contributed by atoms with van der Waals surface area (Å²) >= 11 is 0. The number of carboxylic acid groups (broad SMARTS) is 1. The lowest BCUT2D eigenvalue weighted by atomic mass is 9.91. The molecule has 16 heavy (non-hydrogen) atoms. The fourth-order valence-electron chi connectivity index (χ4n) is 1.94. The van der Waals surface area contributed by atoms with Crippen LogP contribution < -0.4 is 0 Å². The molecular weight excluding hydrogens is 207 g/mol. The summed E-state index contributed by atoms with van der Waals surface area (Å²) in [6, 6.07) is 6.88. The minimum Gasteiger partial charge on any atom is -0.481 e. The topological polar surface area (TPSA) is 37.3 Å². The molecule has 1 saturated carbocycles. The van der Waals surface area contributed by atoms with Crippen molar-refractivity contribution in [3.8, 4) is 0 Å². The van der Waals surface area contributed by atoms with Gasteiger partial charge in [0.05, 0.1) is 5.41 Å². The van der Waals surface area contributed by atoms with Crippen molar-refractivity contribution < 1.29 is 14.3 Å². The summed E-state index contributed by atoms with van der Waals surface area (Å²) in [5.74, 6) is -0.804. The Morgan fingerprint density at radius 3 is 2.50 bits per heavy atom. The monoisotopic (exact) mass is 222 g/mol. The molecule has 0 unspecified atom stereocenters. The van der Waals surface area contributed by atoms with E-state index in [4.69, 9.17) is 5.11 Å². The van der Waals surface area contributed by atoms with Crippen molar-refractivity contribution in [1.82, 2.24) is 0 Å². The molecule has 0 aliphatic heterocycles. The minimum absolute atomic E-state index is 0.539. The molecule has 0 radical (unpaired) electrons. The van der Waals surface area contributed by atoms with Gasteiger partial charge in [0.25, 0.3) is 0 Å². The number of carbonyl (C=O) groups is 1. The van der Waals surface area contributed by atoms with E-state index in [1.165, 1.54) is 13.8 Å². The molecule has 0 atom stereocenters. The Kier molecular flexibility index (Phi) is 2.30. The van der Waals surface area contributed by atoms with Crippen molar-refractivity contribution in [3.63, 3.8) is 0 Å². The fraction of sp³-hybridized carbons (Fsp3) is 0.462. The molecule has 2 rings (SSSR count). The summed E-state index contributed by atoms with van der Waals surface area (Å²) in [4.78, 5) is 11.2. The predicted octanol–water partition coefficient (Wildman–Crippen LogP) is 3.01. The highest BCUT2D eigenvalue weighted by Gasteiger charge is 2.51. The summed E-state index contributed by atoms with van der Waals surface area (Å²) in [7, 11) is 0. The summed E-state index contributed by atoms with van der Waals surface area (Å²) in [6.07, 6.45) is 1.30. The van der Waals surface area contributed by atoms with Crippen LogP contribution in [0, 0.1) is 0 Å². The number of hydrogen-bond acceptors (Lipinski definition) is 1. The lowest BCUT2D eigenvalue weighted by Gasteiger charge is -2.17. The van der Waals surface area contributed by atoms with E-state index in [0.717, 1.165) is 5.56 Å². The molecule has 0 spiro atoms. The third-order valence-corrected chi connectivity index (χ3v) is 3.26. The molecule has 1 aliphatic carbocycles. The molecule has 1 aromatic carbocycles. The molecule has 0 bridgehead atoms. The molecule has 0 aromatic heterocycles. The number of halogens is 1. The number of alkyl halides is 1. The van der Waals surface area contributed by atoms with Gasteiger partial charge in [-0.25, -0.2) is 4.39 Å². The van der Waals surface area contributed by atoms with E-state index in [1.807, 2.05) is 0 Å². The number of hydrogen-bond donors (Lipinski definition) is 1. The zero-order chi connectivity index (χ0) is 12.0. The van der Waals surface area contributed by atoms with Gasteiger partial charge in [-0.05, 0) is 37.8 Å². The van der Waals surface area contributed by atoms with Crippen LogP contribution in [0.15, 0.2) is 24.3 Å². The van der Waals surface area contributed by atoms with Crippen molar-refractivity contribution in [2.75, 3.05) is 0 Å². The molecular formula is C13H15FO2. The van der Waals surface area contributed by atoms with Gasteiger partial charge in [-0.15, -0.1) is 0 Å². The zero-order valence-corrected chi connectivity index (χ0v) is 9.46. The second-order valence-electron chi connectivity index (χ2n) is 4.94. The molecule has 86 valence electrons. The second kappa shape index (κ2) is 3.30. The van der Waals surface area contributed by atoms with Gasteiger partial charge in [-0.1, -0.05) is 24.3 Å². The van der Waals surface area contributed by atoms with Crippen LogP contribution in [0.5, 0.6) is 0 Å². The molecule has 0 heterocycles. The van der Waals surface area contributed by atoms with Crippen LogP contribution in [0.1, 0.15) is 37.8 Å². The standard InChI is InChI=1S/C13H15FO2/c1-12(2,14)9-4-3-5-10(8-9)13(6-7-13)11(15)16/h3-5,8H,6-7H2,1-2H3,(H,15,16). The van der Waals surface area contributed by atoms with Crippen molar-refractivity contribution in [3.05, 3.63) is 35.4 Å². The molecule has 0 saturated heterocycles. The maximum absolute atomic E-state index is 13.8. The molecule has 2 nitrogen and oxygen atoms in total. The Morgan fingerprint density at radius 2 is 2.06 bits per heavy atom. The summed E-state index contributed by atoms with van der Waals surface area (Å²) in [5.41, 5.74) is -0.910. The van der Waals surface area contributed by atoms with E-state index in [2.05, 4.69) is 0 Å². The average Bonchev–Trinajstić information content (AvgIpc) is 2.97. The summed E-state index contributed by atoms with van der Waals surface area (Å²) in [5, 5.41) is 9.16. The van der Waals surface area contributed by atoms with E-state index >= 15 is 0 Å². The van der Waals surface area contributed by atoms with Crippen LogP contribution in [0.2, 0.25) is 0 Å². The van der Waals surface area contributed by atoms with Gasteiger partial charge >= 0.3 is 5.97 Å². The lowest BCUT2D eigenvalue weighted by Crippen LogP contribution is -2.20. The maximum Gasteiger partial charge on any atom is 0.314 e. The molecule has 1 N–H and O–H groups in total. The van der Waals surface area contributed by atoms with Crippen LogP contribution in [0.4, 0.5) is 4.39 Å². The smallest absolute Gasteiger partial charge is 0.314 e. The largest absolute Gasteiger partial charge is 0.481 e. The van der Waals surface area contributed by atoms with Gasteiger partial charge in [0.1, 0.15) is 5.67 Å². The van der Waals surface area contributed by atoms with E-state index in [9.17, 15) is 9.18 Å². The highest BCUT2D eigenvalue weighted by Crippen LogP contribution is 2.49. The Bertz CT molecular complexity index is 428. The van der Waals surface area contributed by atoms with Crippen molar-refractivity contribution in [2.45, 2.75) is 37.8 Å². The number of aliphatic carboxylic acids is 1. The number of rotatable bonds is 3. The molecule has 1 aliphatic rings. The highest BCUT2D eigenvalue weighted by molar-refractivity contribution is 5.84. The van der Waals surface area contributed by atoms with E-state index in [0.29, 0.717) is 18.4 Å². The summed E-state index contributed by atoms with van der Waals surface area (Å²) in [6.45, 7) is 2.96. The molecule has 1 aromatic rings. The number of benzene rings is 1. The van der Waals surface area contributed by atoms with Crippen LogP contribution in [-0.2, 0) is 15.9 Å². The first kappa shape index (κ1) is 11.1. The quantitative estimate of drug-likeness (QED) is 0.853. The molecule has 0 amide bonds. The van der Waals surface area contributed by atoms with Gasteiger partial charge in [0.15, 0.2) is 0 Å². The first-order chi connectivity index (χ1) is 7.36. The first-order valence-corrected chi connectivity index (χ1v) is 5.40. The molecule has 3 heteroatoms. The van der Waals surface area contributed by atoms with Crippen LogP contribution in [-0.4, -0.2) is 11.1 Å². The van der Waals surface area contributed by atoms with Crippen molar-refractivity contribution in [2.24, 2.45) is 0 Å². The van der Waals surface area contributed by atoms with Crippen molar-refractivity contribution >= 4 is 5.97 Å². The fourth-order valence-corrected chi connectivity index (χ4v) is 1.94. The normalized spacial score (nSPS) is 18.2. The minimum atomic E-state index is -1.43. The van der Waals surface area contributed by atoms with Crippen LogP contribution in [0.25, 0.3) is 0 Å². The number of carboxylic acids is 1. The Balaban J connectivity index is 2.41. The Morgan fingerprint density at radius 1 is 1.44 bits per heavy atom. The Labute approximate surface area is 94.1 Å². The van der Waals surface area contributed by atoms with Gasteiger partial charge in [-0.3, -0.25) is 4.79 Å². The third-order valence-electron chi connectivity index (χ3n) is 3.26. The van der Waals surface area contributed by atoms with E-state index in [-0.39, 0.29) is 0 Å². The first-order valence-electron chi connectivity index (χ1n) is 5.40. The SMILES string of the molecule is CC(C)(F)c1cccc(C2(C(=O)O)CC2)c1. The maximum atomic E-state index is 13.8. The van der Waals surface area contributed by atoms with Crippen LogP contribution in [0.3, 0.4) is 0 Å². The highest BCUT2D eigenvalue weighted by atomic mass is 19.1.